The van der Waals surface area contributed by atoms with E-state index in [1.54, 1.807) is 13.0 Å². The van der Waals surface area contributed by atoms with E-state index in [4.69, 9.17) is 30.7 Å². The van der Waals surface area contributed by atoms with Crippen LogP contribution >= 0.6 is 11.6 Å². The number of nitrogens with zero attached hydrogens (tertiary/aromatic N) is 1. The number of hydrogen-bond acceptors (Lipinski definition) is 5. The Kier molecular flexibility index (Phi) is 3.85. The van der Waals surface area contributed by atoms with Gasteiger partial charge in [0.1, 0.15) is 5.69 Å². The van der Waals surface area contributed by atoms with E-state index >= 15 is 0 Å². The highest BCUT2D eigenvalue weighted by Crippen LogP contribution is 2.42. The minimum absolute atomic E-state index is 0.245. The lowest BCUT2D eigenvalue weighted by Gasteiger charge is -2.14. The monoisotopic (exact) mass is 297 g/mol. The van der Waals surface area contributed by atoms with Crippen LogP contribution in [-0.2, 0) is 0 Å². The number of carboxylic acids is 1. The maximum absolute atomic E-state index is 10.8. The number of benzene rings is 1. The molecule has 0 unspecified atom stereocenters. The highest BCUT2D eigenvalue weighted by Gasteiger charge is 2.20. The fourth-order valence-corrected chi connectivity index (χ4v) is 2.18. The third kappa shape index (κ3) is 2.30. The summed E-state index contributed by atoms with van der Waals surface area (Å²) in [5, 5.41) is 12.9. The van der Waals surface area contributed by atoms with E-state index in [0.717, 1.165) is 5.56 Å². The summed E-state index contributed by atoms with van der Waals surface area (Å²) in [4.78, 5) is 10.8. The van der Waals surface area contributed by atoms with Crippen molar-refractivity contribution in [2.75, 3.05) is 14.2 Å². The van der Waals surface area contributed by atoms with Crippen molar-refractivity contribution in [3.63, 3.8) is 0 Å². The zero-order valence-corrected chi connectivity index (χ0v) is 11.8. The molecule has 0 atom stereocenters. The van der Waals surface area contributed by atoms with Crippen molar-refractivity contribution in [1.82, 2.24) is 5.16 Å². The molecule has 1 aromatic carbocycles. The molecule has 0 bridgehead atoms. The highest BCUT2D eigenvalue weighted by molar-refractivity contribution is 6.32. The van der Waals surface area contributed by atoms with Crippen molar-refractivity contribution in [3.8, 4) is 22.8 Å². The molecule has 0 aliphatic rings. The molecule has 1 heterocycles. The van der Waals surface area contributed by atoms with Crippen molar-refractivity contribution in [2.24, 2.45) is 0 Å². The SMILES string of the molecule is COc1c(Cl)cc(-c2cc(C(=O)O)on2)c(C)c1OC. The van der Waals surface area contributed by atoms with Gasteiger partial charge in [-0.3, -0.25) is 0 Å². The minimum atomic E-state index is -1.19. The average Bonchev–Trinajstić information content (AvgIpc) is 2.90. The number of rotatable bonds is 4. The molecule has 2 aromatic rings. The molecule has 2 rings (SSSR count). The Bertz CT molecular complexity index is 665. The van der Waals surface area contributed by atoms with Crippen LogP contribution < -0.4 is 9.47 Å². The second-order valence-electron chi connectivity index (χ2n) is 3.98. The van der Waals surface area contributed by atoms with Crippen LogP contribution in [0.5, 0.6) is 11.5 Å². The van der Waals surface area contributed by atoms with Crippen LogP contribution in [0.25, 0.3) is 11.3 Å². The molecule has 0 spiro atoms. The molecule has 20 heavy (non-hydrogen) atoms. The predicted molar refractivity (Wildman–Crippen MR) is 71.7 cm³/mol. The zero-order chi connectivity index (χ0) is 14.9. The Hall–Kier alpha value is -2.21. The summed E-state index contributed by atoms with van der Waals surface area (Å²) < 4.78 is 15.2. The number of halogens is 1. The summed E-state index contributed by atoms with van der Waals surface area (Å²) in [5.74, 6) is -0.550. The number of carbonyl (C=O) groups is 1. The van der Waals surface area contributed by atoms with Crippen LogP contribution in [0.15, 0.2) is 16.7 Å². The van der Waals surface area contributed by atoms with Crippen LogP contribution in [0.3, 0.4) is 0 Å². The zero-order valence-electron chi connectivity index (χ0n) is 11.1. The summed E-state index contributed by atoms with van der Waals surface area (Å²) in [6.45, 7) is 1.79. The summed E-state index contributed by atoms with van der Waals surface area (Å²) in [6.07, 6.45) is 0. The fourth-order valence-electron chi connectivity index (χ4n) is 1.91. The molecule has 0 aliphatic heterocycles. The maximum Gasteiger partial charge on any atom is 0.374 e. The number of hydrogen-bond donors (Lipinski definition) is 1. The summed E-state index contributed by atoms with van der Waals surface area (Å²) in [7, 11) is 2.98. The second-order valence-corrected chi connectivity index (χ2v) is 4.39. The second kappa shape index (κ2) is 5.42. The predicted octanol–water partition coefficient (Wildman–Crippen LogP) is 3.02. The highest BCUT2D eigenvalue weighted by atomic mass is 35.5. The molecule has 7 heteroatoms. The lowest BCUT2D eigenvalue weighted by Crippen LogP contribution is -1.96. The molecule has 1 N–H and O–H groups in total. The van der Waals surface area contributed by atoms with E-state index < -0.39 is 5.97 Å². The molecule has 0 saturated carbocycles. The van der Waals surface area contributed by atoms with Crippen molar-refractivity contribution in [3.05, 3.63) is 28.5 Å². The van der Waals surface area contributed by atoms with E-state index in [9.17, 15) is 4.79 Å². The van der Waals surface area contributed by atoms with Gasteiger partial charge in [-0.1, -0.05) is 16.8 Å². The normalized spacial score (nSPS) is 10.4. The topological polar surface area (TPSA) is 81.8 Å². The van der Waals surface area contributed by atoms with Gasteiger partial charge in [-0.2, -0.15) is 0 Å². The molecule has 6 nitrogen and oxygen atoms in total. The Morgan fingerprint density at radius 1 is 1.30 bits per heavy atom. The van der Waals surface area contributed by atoms with Crippen molar-refractivity contribution in [2.45, 2.75) is 6.92 Å². The summed E-state index contributed by atoms with van der Waals surface area (Å²) in [6, 6.07) is 2.95. The minimum Gasteiger partial charge on any atom is -0.493 e. The first-order valence-corrected chi connectivity index (χ1v) is 5.98. The van der Waals surface area contributed by atoms with Crippen LogP contribution in [-0.4, -0.2) is 30.5 Å². The standard InChI is InChI=1S/C13H12ClNO5/c1-6-7(9-5-10(13(16)17)20-15-9)4-8(14)12(19-3)11(6)18-2/h4-5H,1-3H3,(H,16,17). The Balaban J connectivity index is 2.62. The molecule has 0 radical (unpaired) electrons. The van der Waals surface area contributed by atoms with E-state index in [-0.39, 0.29) is 5.76 Å². The van der Waals surface area contributed by atoms with Crippen LogP contribution in [0.2, 0.25) is 5.02 Å². The van der Waals surface area contributed by atoms with Crippen molar-refractivity contribution in [1.29, 1.82) is 0 Å². The Morgan fingerprint density at radius 3 is 2.45 bits per heavy atom. The van der Waals surface area contributed by atoms with Gasteiger partial charge >= 0.3 is 5.97 Å². The van der Waals surface area contributed by atoms with Gasteiger partial charge in [0.25, 0.3) is 0 Å². The van der Waals surface area contributed by atoms with Gasteiger partial charge in [0, 0.05) is 17.2 Å². The van der Waals surface area contributed by atoms with Gasteiger partial charge in [0.2, 0.25) is 5.76 Å². The Morgan fingerprint density at radius 2 is 1.95 bits per heavy atom. The van der Waals surface area contributed by atoms with Gasteiger partial charge < -0.3 is 19.1 Å². The summed E-state index contributed by atoms with van der Waals surface area (Å²) >= 11 is 6.12. The number of aromatic nitrogens is 1. The number of aromatic carboxylic acids is 1. The van der Waals surface area contributed by atoms with Gasteiger partial charge in [0.05, 0.1) is 19.2 Å². The number of methoxy groups -OCH3 is 2. The Labute approximate surface area is 119 Å². The fraction of sp³-hybridized carbons (Fsp3) is 0.231. The quantitative estimate of drug-likeness (QED) is 0.934. The molecule has 106 valence electrons. The molecule has 0 fully saturated rings. The average molecular weight is 298 g/mol. The first-order chi connectivity index (χ1) is 9.49. The van der Waals surface area contributed by atoms with Crippen molar-refractivity contribution >= 4 is 17.6 Å². The van der Waals surface area contributed by atoms with E-state index in [2.05, 4.69) is 5.16 Å². The van der Waals surface area contributed by atoms with Crippen LogP contribution in [0.4, 0.5) is 0 Å². The van der Waals surface area contributed by atoms with E-state index in [1.165, 1.54) is 20.3 Å². The third-order valence-corrected chi connectivity index (χ3v) is 3.12. The molecule has 0 aliphatic carbocycles. The largest absolute Gasteiger partial charge is 0.493 e. The molecule has 1 aromatic heterocycles. The van der Waals surface area contributed by atoms with E-state index in [0.29, 0.717) is 27.8 Å². The third-order valence-electron chi connectivity index (χ3n) is 2.84. The molecule has 0 saturated heterocycles. The smallest absolute Gasteiger partial charge is 0.374 e. The molecule has 0 amide bonds. The van der Waals surface area contributed by atoms with E-state index in [1.807, 2.05) is 0 Å². The van der Waals surface area contributed by atoms with Gasteiger partial charge in [-0.05, 0) is 13.0 Å². The molecular weight excluding hydrogens is 286 g/mol. The molecular formula is C13H12ClNO5. The van der Waals surface area contributed by atoms with Gasteiger partial charge in [-0.25, -0.2) is 4.79 Å². The maximum atomic E-state index is 10.8. The number of ether oxygens (including phenoxy) is 2. The first-order valence-electron chi connectivity index (χ1n) is 5.61. The summed E-state index contributed by atoms with van der Waals surface area (Å²) in [5.41, 5.74) is 1.70. The van der Waals surface area contributed by atoms with Crippen LogP contribution in [0, 0.1) is 6.92 Å². The van der Waals surface area contributed by atoms with Gasteiger partial charge in [0.15, 0.2) is 11.5 Å². The lowest BCUT2D eigenvalue weighted by atomic mass is 10.0. The van der Waals surface area contributed by atoms with Crippen LogP contribution in [0.1, 0.15) is 16.1 Å². The van der Waals surface area contributed by atoms with Gasteiger partial charge in [-0.15, -0.1) is 0 Å². The number of carboxylic acid groups (broad SMARTS) is 1. The first kappa shape index (κ1) is 14.2. The van der Waals surface area contributed by atoms with Crippen molar-refractivity contribution < 1.29 is 23.9 Å². The lowest BCUT2D eigenvalue weighted by molar-refractivity contribution is 0.0652.